The molecule has 2 aliphatic rings. The van der Waals surface area contributed by atoms with E-state index in [9.17, 15) is 23.1 Å². The second-order valence-electron chi connectivity index (χ2n) is 5.86. The van der Waals surface area contributed by atoms with Crippen molar-refractivity contribution in [2.24, 2.45) is 5.92 Å². The Labute approximate surface area is 145 Å². The van der Waals surface area contributed by atoms with E-state index in [1.165, 1.54) is 18.2 Å². The van der Waals surface area contributed by atoms with E-state index in [-0.39, 0.29) is 33.1 Å². The van der Waals surface area contributed by atoms with Gasteiger partial charge < -0.3 is 5.11 Å². The highest BCUT2D eigenvalue weighted by Crippen LogP contribution is 2.44. The van der Waals surface area contributed by atoms with E-state index in [0.717, 1.165) is 12.8 Å². The number of halogens is 5. The van der Waals surface area contributed by atoms with Crippen LogP contribution in [0.25, 0.3) is 0 Å². The number of rotatable bonds is 3. The molecule has 0 radical (unpaired) electrons. The first kappa shape index (κ1) is 17.4. The Morgan fingerprint density at radius 2 is 2.00 bits per heavy atom. The maximum atomic E-state index is 13.3. The van der Waals surface area contributed by atoms with E-state index in [1.807, 2.05) is 0 Å². The van der Waals surface area contributed by atoms with Crippen molar-refractivity contribution >= 4 is 29.1 Å². The number of amides is 1. The van der Waals surface area contributed by atoms with Crippen LogP contribution in [0.4, 0.5) is 13.2 Å². The number of alkyl halides is 3. The van der Waals surface area contributed by atoms with Gasteiger partial charge in [-0.15, -0.1) is 0 Å². The summed E-state index contributed by atoms with van der Waals surface area (Å²) in [6.07, 6.45) is -3.27. The summed E-state index contributed by atoms with van der Waals surface area (Å²) in [6, 6.07) is 4.34. The lowest BCUT2D eigenvalue weighted by molar-refractivity contribution is -0.288. The SMILES string of the molecule is O=C(Cc1ccc(Cl)c(Cl)c1)N1NC(C2CC2)=CC1(O)C(F)(F)F. The Hall–Kier alpha value is -1.44. The van der Waals surface area contributed by atoms with Crippen LogP contribution in [0.5, 0.6) is 0 Å². The second-order valence-corrected chi connectivity index (χ2v) is 6.68. The molecule has 0 aromatic heterocycles. The molecule has 1 fully saturated rings. The van der Waals surface area contributed by atoms with Crippen LogP contribution in [0.15, 0.2) is 30.0 Å². The van der Waals surface area contributed by atoms with Crippen LogP contribution in [0.3, 0.4) is 0 Å². The first-order chi connectivity index (χ1) is 11.1. The third-order valence-electron chi connectivity index (χ3n) is 3.96. The molecule has 1 aliphatic heterocycles. The zero-order chi connectivity index (χ0) is 17.7. The number of allylic oxidation sites excluding steroid dienone is 1. The summed E-state index contributed by atoms with van der Waals surface area (Å²) in [5, 5.41) is 10.8. The van der Waals surface area contributed by atoms with Gasteiger partial charge in [-0.3, -0.25) is 10.2 Å². The highest BCUT2D eigenvalue weighted by atomic mass is 35.5. The van der Waals surface area contributed by atoms with Gasteiger partial charge in [-0.1, -0.05) is 29.3 Å². The molecule has 4 nitrogen and oxygen atoms in total. The third-order valence-corrected chi connectivity index (χ3v) is 4.70. The average Bonchev–Trinajstić information content (AvgIpc) is 3.25. The maximum Gasteiger partial charge on any atom is 0.442 e. The molecule has 2 N–H and O–H groups in total. The Morgan fingerprint density at radius 3 is 2.54 bits per heavy atom. The quantitative estimate of drug-likeness (QED) is 0.844. The molecule has 1 aromatic rings. The summed E-state index contributed by atoms with van der Waals surface area (Å²) in [6.45, 7) is 0. The largest absolute Gasteiger partial charge is 0.442 e. The third kappa shape index (κ3) is 3.08. The topological polar surface area (TPSA) is 52.6 Å². The molecule has 1 saturated carbocycles. The smallest absolute Gasteiger partial charge is 0.359 e. The van der Waals surface area contributed by atoms with Gasteiger partial charge in [0.1, 0.15) is 0 Å². The minimum absolute atomic E-state index is 0.0818. The molecule has 1 atom stereocenters. The van der Waals surface area contributed by atoms with Gasteiger partial charge in [0.15, 0.2) is 0 Å². The Morgan fingerprint density at radius 1 is 1.33 bits per heavy atom. The summed E-state index contributed by atoms with van der Waals surface area (Å²) >= 11 is 11.6. The lowest BCUT2D eigenvalue weighted by atomic mass is 10.1. The minimum atomic E-state index is -5.02. The number of benzene rings is 1. The molecule has 1 unspecified atom stereocenters. The molecular weight excluding hydrogens is 368 g/mol. The minimum Gasteiger partial charge on any atom is -0.359 e. The molecule has 1 aliphatic carbocycles. The molecule has 130 valence electrons. The van der Waals surface area contributed by atoms with Gasteiger partial charge in [0.2, 0.25) is 5.91 Å². The van der Waals surface area contributed by atoms with Gasteiger partial charge in [-0.25, -0.2) is 5.01 Å². The Balaban J connectivity index is 1.83. The van der Waals surface area contributed by atoms with Crippen molar-refractivity contribution in [2.45, 2.75) is 31.2 Å². The van der Waals surface area contributed by atoms with Crippen LogP contribution in [-0.2, 0) is 11.2 Å². The monoisotopic (exact) mass is 380 g/mol. The molecule has 1 amide bonds. The normalized spacial score (nSPS) is 23.9. The number of carbonyl (C=O) groups is 1. The van der Waals surface area contributed by atoms with Crippen molar-refractivity contribution in [1.29, 1.82) is 0 Å². The van der Waals surface area contributed by atoms with Crippen LogP contribution in [-0.4, -0.2) is 27.9 Å². The first-order valence-corrected chi connectivity index (χ1v) is 7.93. The Kier molecular flexibility index (Phi) is 4.22. The van der Waals surface area contributed by atoms with Crippen molar-refractivity contribution in [3.63, 3.8) is 0 Å². The number of hydrogen-bond donors (Lipinski definition) is 2. The number of hydrazine groups is 1. The average molecular weight is 381 g/mol. The van der Waals surface area contributed by atoms with Gasteiger partial charge >= 0.3 is 6.18 Å². The molecule has 24 heavy (non-hydrogen) atoms. The number of carbonyl (C=O) groups excluding carboxylic acids is 1. The number of hydrogen-bond acceptors (Lipinski definition) is 3. The lowest BCUT2D eigenvalue weighted by Crippen LogP contribution is -2.60. The highest BCUT2D eigenvalue weighted by Gasteiger charge is 2.62. The molecule has 1 aromatic carbocycles. The highest BCUT2D eigenvalue weighted by molar-refractivity contribution is 6.42. The summed E-state index contributed by atoms with van der Waals surface area (Å²) in [5.74, 6) is -1.01. The predicted molar refractivity (Wildman–Crippen MR) is 82.0 cm³/mol. The zero-order valence-corrected chi connectivity index (χ0v) is 13.7. The van der Waals surface area contributed by atoms with Gasteiger partial charge in [0.05, 0.1) is 16.5 Å². The summed E-state index contributed by atoms with van der Waals surface area (Å²) in [5.41, 5.74) is -0.342. The predicted octanol–water partition coefficient (Wildman–Crippen LogP) is 3.43. The van der Waals surface area contributed by atoms with Crippen molar-refractivity contribution in [2.75, 3.05) is 0 Å². The fourth-order valence-corrected chi connectivity index (χ4v) is 2.82. The standard InChI is InChI=1S/C15H13Cl2F3N2O2/c16-10-4-1-8(5-11(10)17)6-13(23)22-14(24,15(18,19)20)7-12(21-22)9-2-3-9/h1,4-5,7,9,21,24H,2-3,6H2. The van der Waals surface area contributed by atoms with Crippen molar-refractivity contribution in [3.05, 3.63) is 45.6 Å². The molecular formula is C15H13Cl2F3N2O2. The van der Waals surface area contributed by atoms with Gasteiger partial charge in [-0.2, -0.15) is 13.2 Å². The Bertz CT molecular complexity index is 719. The van der Waals surface area contributed by atoms with Gasteiger partial charge in [0, 0.05) is 17.7 Å². The van der Waals surface area contributed by atoms with Crippen LogP contribution < -0.4 is 5.43 Å². The van der Waals surface area contributed by atoms with E-state index < -0.39 is 17.8 Å². The first-order valence-electron chi connectivity index (χ1n) is 7.17. The molecule has 0 spiro atoms. The van der Waals surface area contributed by atoms with E-state index in [4.69, 9.17) is 23.2 Å². The zero-order valence-electron chi connectivity index (χ0n) is 12.2. The molecule has 3 rings (SSSR count). The fraction of sp³-hybridized carbons (Fsp3) is 0.400. The molecule has 9 heteroatoms. The molecule has 0 saturated heterocycles. The van der Waals surface area contributed by atoms with E-state index in [0.29, 0.717) is 11.6 Å². The second kappa shape index (κ2) is 5.82. The number of aliphatic hydroxyl groups is 1. The lowest BCUT2D eigenvalue weighted by Gasteiger charge is -2.33. The molecule has 1 heterocycles. The summed E-state index contributed by atoms with van der Waals surface area (Å²) in [4.78, 5) is 12.4. The van der Waals surface area contributed by atoms with E-state index >= 15 is 0 Å². The van der Waals surface area contributed by atoms with Crippen molar-refractivity contribution in [3.8, 4) is 0 Å². The van der Waals surface area contributed by atoms with Crippen LogP contribution in [0.1, 0.15) is 18.4 Å². The van der Waals surface area contributed by atoms with Crippen LogP contribution in [0, 0.1) is 5.92 Å². The summed E-state index contributed by atoms with van der Waals surface area (Å²) in [7, 11) is 0. The molecule has 0 bridgehead atoms. The van der Waals surface area contributed by atoms with Crippen LogP contribution in [0.2, 0.25) is 10.0 Å². The van der Waals surface area contributed by atoms with Gasteiger partial charge in [-0.05, 0) is 30.5 Å². The van der Waals surface area contributed by atoms with Crippen molar-refractivity contribution in [1.82, 2.24) is 10.4 Å². The maximum absolute atomic E-state index is 13.3. The van der Waals surface area contributed by atoms with E-state index in [1.54, 1.807) is 0 Å². The number of nitrogens with zero attached hydrogens (tertiary/aromatic N) is 1. The number of nitrogens with one attached hydrogen (secondary N) is 1. The van der Waals surface area contributed by atoms with E-state index in [2.05, 4.69) is 5.43 Å². The van der Waals surface area contributed by atoms with Gasteiger partial charge in [0.25, 0.3) is 5.72 Å². The van der Waals surface area contributed by atoms with Crippen molar-refractivity contribution < 1.29 is 23.1 Å². The fourth-order valence-electron chi connectivity index (χ4n) is 2.50. The summed E-state index contributed by atoms with van der Waals surface area (Å²) < 4.78 is 39.9. The van der Waals surface area contributed by atoms with Crippen LogP contribution >= 0.6 is 23.2 Å².